The van der Waals surface area contributed by atoms with Crippen LogP contribution in [-0.2, 0) is 9.59 Å². The van der Waals surface area contributed by atoms with Crippen molar-refractivity contribution in [1.82, 2.24) is 5.32 Å². The van der Waals surface area contributed by atoms with Crippen molar-refractivity contribution < 1.29 is 14.7 Å². The first-order chi connectivity index (χ1) is 9.40. The smallest absolute Gasteiger partial charge is 0.326 e. The highest BCUT2D eigenvalue weighted by Crippen LogP contribution is 2.13. The van der Waals surface area contributed by atoms with Crippen LogP contribution in [0, 0.1) is 5.92 Å². The number of nitrogens with one attached hydrogen (secondary N) is 1. The minimum absolute atomic E-state index is 0.0753. The molecule has 0 heterocycles. The molecule has 0 spiro atoms. The Labute approximate surface area is 119 Å². The van der Waals surface area contributed by atoms with Gasteiger partial charge in [-0.3, -0.25) is 4.79 Å². The molecule has 0 aliphatic heterocycles. The number of carbonyl (C=O) groups excluding carboxylic acids is 1. The Hall–Kier alpha value is -1.88. The van der Waals surface area contributed by atoms with E-state index in [0.717, 1.165) is 5.56 Å². The first-order valence-corrected chi connectivity index (χ1v) is 6.72. The second kappa shape index (κ2) is 7.65. The molecule has 0 aromatic heterocycles. The number of benzene rings is 1. The summed E-state index contributed by atoms with van der Waals surface area (Å²) < 4.78 is 0. The molecule has 2 atom stereocenters. The van der Waals surface area contributed by atoms with Gasteiger partial charge in [0.15, 0.2) is 0 Å². The van der Waals surface area contributed by atoms with Gasteiger partial charge in [0.25, 0.3) is 0 Å². The van der Waals surface area contributed by atoms with Gasteiger partial charge in [-0.05, 0) is 17.9 Å². The molecular formula is C15H22N2O3. The molecule has 1 aromatic carbocycles. The monoisotopic (exact) mass is 278 g/mol. The minimum atomic E-state index is -1.01. The van der Waals surface area contributed by atoms with E-state index in [2.05, 4.69) is 5.32 Å². The normalized spacial score (nSPS) is 13.8. The summed E-state index contributed by atoms with van der Waals surface area (Å²) in [7, 11) is 0. The zero-order valence-corrected chi connectivity index (χ0v) is 11.9. The van der Waals surface area contributed by atoms with Crippen molar-refractivity contribution in [2.75, 3.05) is 0 Å². The number of hydrogen-bond acceptors (Lipinski definition) is 3. The number of carboxylic acid groups (broad SMARTS) is 1. The lowest BCUT2D eigenvalue weighted by Gasteiger charge is -2.18. The van der Waals surface area contributed by atoms with E-state index in [9.17, 15) is 9.59 Å². The van der Waals surface area contributed by atoms with Gasteiger partial charge in [-0.1, -0.05) is 44.2 Å². The van der Waals surface area contributed by atoms with E-state index < -0.39 is 18.1 Å². The summed E-state index contributed by atoms with van der Waals surface area (Å²) in [6.45, 7) is 3.83. The number of carbonyl (C=O) groups is 2. The van der Waals surface area contributed by atoms with Gasteiger partial charge in [0, 0.05) is 12.5 Å². The summed E-state index contributed by atoms with van der Waals surface area (Å²) in [5, 5.41) is 11.6. The molecule has 0 aliphatic carbocycles. The van der Waals surface area contributed by atoms with E-state index in [4.69, 9.17) is 10.8 Å². The van der Waals surface area contributed by atoms with E-state index in [1.54, 1.807) is 0 Å². The Morgan fingerprint density at radius 1 is 1.25 bits per heavy atom. The fourth-order valence-electron chi connectivity index (χ4n) is 1.96. The van der Waals surface area contributed by atoms with Crippen LogP contribution < -0.4 is 11.1 Å². The lowest BCUT2D eigenvalue weighted by Crippen LogP contribution is -2.42. The van der Waals surface area contributed by atoms with Crippen molar-refractivity contribution in [1.29, 1.82) is 0 Å². The SMILES string of the molecule is CC(C)C[C@H](NC(=O)CC(N)c1ccccc1)C(=O)O. The predicted molar refractivity (Wildman–Crippen MR) is 77.0 cm³/mol. The second-order valence-corrected chi connectivity index (χ2v) is 5.31. The van der Waals surface area contributed by atoms with Crippen LogP contribution in [0.2, 0.25) is 0 Å². The van der Waals surface area contributed by atoms with Crippen molar-refractivity contribution in [3.05, 3.63) is 35.9 Å². The lowest BCUT2D eigenvalue weighted by atomic mass is 10.0. The predicted octanol–water partition coefficient (Wildman–Crippen LogP) is 1.69. The summed E-state index contributed by atoms with van der Waals surface area (Å²) in [6.07, 6.45) is 0.480. The van der Waals surface area contributed by atoms with Crippen LogP contribution in [0.4, 0.5) is 0 Å². The number of hydrogen-bond donors (Lipinski definition) is 3. The van der Waals surface area contributed by atoms with E-state index in [-0.39, 0.29) is 18.2 Å². The van der Waals surface area contributed by atoms with Crippen LogP contribution in [0.15, 0.2) is 30.3 Å². The topological polar surface area (TPSA) is 92.4 Å². The van der Waals surface area contributed by atoms with Crippen molar-refractivity contribution in [2.45, 2.75) is 38.8 Å². The molecule has 5 heteroatoms. The molecule has 0 bridgehead atoms. The Morgan fingerprint density at radius 3 is 2.35 bits per heavy atom. The van der Waals surface area contributed by atoms with Gasteiger partial charge in [0.1, 0.15) is 6.04 Å². The maximum absolute atomic E-state index is 11.9. The Balaban J connectivity index is 2.55. The molecule has 110 valence electrons. The highest BCUT2D eigenvalue weighted by atomic mass is 16.4. The van der Waals surface area contributed by atoms with Gasteiger partial charge in [-0.25, -0.2) is 4.79 Å². The maximum Gasteiger partial charge on any atom is 0.326 e. The number of rotatable bonds is 7. The summed E-state index contributed by atoms with van der Waals surface area (Å²) in [4.78, 5) is 22.9. The molecule has 1 aromatic rings. The molecule has 20 heavy (non-hydrogen) atoms. The van der Waals surface area contributed by atoms with Crippen molar-refractivity contribution >= 4 is 11.9 Å². The van der Waals surface area contributed by atoms with Crippen LogP contribution in [0.1, 0.15) is 38.3 Å². The third-order valence-electron chi connectivity index (χ3n) is 2.97. The van der Waals surface area contributed by atoms with Crippen molar-refractivity contribution in [2.24, 2.45) is 11.7 Å². The molecular weight excluding hydrogens is 256 g/mol. The molecule has 5 nitrogen and oxygen atoms in total. The fraction of sp³-hybridized carbons (Fsp3) is 0.467. The molecule has 0 aliphatic rings. The summed E-state index contributed by atoms with van der Waals surface area (Å²) in [5.41, 5.74) is 6.80. The van der Waals surface area contributed by atoms with Crippen LogP contribution >= 0.6 is 0 Å². The highest BCUT2D eigenvalue weighted by Gasteiger charge is 2.22. The average molecular weight is 278 g/mol. The van der Waals surface area contributed by atoms with E-state index in [1.165, 1.54) is 0 Å². The van der Waals surface area contributed by atoms with Crippen LogP contribution in [-0.4, -0.2) is 23.0 Å². The standard InChI is InChI=1S/C15H22N2O3/c1-10(2)8-13(15(19)20)17-14(18)9-12(16)11-6-4-3-5-7-11/h3-7,10,12-13H,8-9,16H2,1-2H3,(H,17,18)(H,19,20)/t12?,13-/m0/s1. The third-order valence-corrected chi connectivity index (χ3v) is 2.97. The number of nitrogens with two attached hydrogens (primary N) is 1. The average Bonchev–Trinajstić information content (AvgIpc) is 2.38. The molecule has 0 fully saturated rings. The Morgan fingerprint density at radius 2 is 1.85 bits per heavy atom. The fourth-order valence-corrected chi connectivity index (χ4v) is 1.96. The first kappa shape index (κ1) is 16.2. The summed E-state index contributed by atoms with van der Waals surface area (Å²) in [6, 6.07) is 7.99. The second-order valence-electron chi connectivity index (χ2n) is 5.31. The van der Waals surface area contributed by atoms with E-state index >= 15 is 0 Å². The number of carboxylic acids is 1. The van der Waals surface area contributed by atoms with Crippen LogP contribution in [0.25, 0.3) is 0 Å². The van der Waals surface area contributed by atoms with Gasteiger partial charge in [0.2, 0.25) is 5.91 Å². The maximum atomic E-state index is 11.9. The number of aliphatic carboxylic acids is 1. The van der Waals surface area contributed by atoms with Crippen molar-refractivity contribution in [3.8, 4) is 0 Å². The van der Waals surface area contributed by atoms with E-state index in [0.29, 0.717) is 6.42 Å². The Bertz CT molecular complexity index is 446. The summed E-state index contributed by atoms with van der Waals surface area (Å²) >= 11 is 0. The van der Waals surface area contributed by atoms with Gasteiger partial charge in [-0.15, -0.1) is 0 Å². The molecule has 1 amide bonds. The first-order valence-electron chi connectivity index (χ1n) is 6.72. The van der Waals surface area contributed by atoms with Gasteiger partial charge >= 0.3 is 5.97 Å². The zero-order valence-electron chi connectivity index (χ0n) is 11.9. The quantitative estimate of drug-likeness (QED) is 0.707. The van der Waals surface area contributed by atoms with Crippen LogP contribution in [0.3, 0.4) is 0 Å². The van der Waals surface area contributed by atoms with Gasteiger partial charge in [-0.2, -0.15) is 0 Å². The largest absolute Gasteiger partial charge is 0.480 e. The molecule has 1 rings (SSSR count). The third kappa shape index (κ3) is 5.40. The van der Waals surface area contributed by atoms with Gasteiger partial charge in [0.05, 0.1) is 0 Å². The molecule has 4 N–H and O–H groups in total. The minimum Gasteiger partial charge on any atom is -0.480 e. The van der Waals surface area contributed by atoms with E-state index in [1.807, 2.05) is 44.2 Å². The Kier molecular flexibility index (Phi) is 6.18. The van der Waals surface area contributed by atoms with Crippen molar-refractivity contribution in [3.63, 3.8) is 0 Å². The number of amides is 1. The molecule has 1 unspecified atom stereocenters. The van der Waals surface area contributed by atoms with Crippen LogP contribution in [0.5, 0.6) is 0 Å². The summed E-state index contributed by atoms with van der Waals surface area (Å²) in [5.74, 6) is -1.16. The molecule has 0 saturated heterocycles. The zero-order chi connectivity index (χ0) is 15.1. The highest BCUT2D eigenvalue weighted by molar-refractivity contribution is 5.83. The molecule has 0 radical (unpaired) electrons. The van der Waals surface area contributed by atoms with Gasteiger partial charge < -0.3 is 16.2 Å². The lowest BCUT2D eigenvalue weighted by molar-refractivity contribution is -0.142. The molecule has 0 saturated carbocycles.